The monoisotopic (exact) mass is 307 g/mol. The summed E-state index contributed by atoms with van der Waals surface area (Å²) in [6, 6.07) is 10.3. The maximum atomic E-state index is 12.6. The third-order valence-corrected chi connectivity index (χ3v) is 5.46. The Morgan fingerprint density at radius 1 is 1.00 bits per heavy atom. The molecule has 1 atom stereocenters. The second-order valence-electron chi connectivity index (χ2n) is 7.14. The van der Waals surface area contributed by atoms with Crippen molar-refractivity contribution in [3.05, 3.63) is 35.9 Å². The third kappa shape index (κ3) is 4.88. The van der Waals surface area contributed by atoms with Gasteiger partial charge in [0.15, 0.2) is 0 Å². The van der Waals surface area contributed by atoms with Crippen LogP contribution in [0.1, 0.15) is 39.0 Å². The number of ether oxygens (including phenoxy) is 1. The van der Waals surface area contributed by atoms with E-state index in [1.165, 1.54) is 0 Å². The molecule has 0 saturated heterocycles. The summed E-state index contributed by atoms with van der Waals surface area (Å²) < 4.78 is 5.93. The molecule has 0 unspecified atom stereocenters. The van der Waals surface area contributed by atoms with Crippen molar-refractivity contribution in [1.82, 2.24) is 4.90 Å². The molecule has 0 aliphatic heterocycles. The lowest BCUT2D eigenvalue weighted by Gasteiger charge is -2.35. The highest BCUT2D eigenvalue weighted by Crippen LogP contribution is 2.29. The molecule has 0 saturated carbocycles. The summed E-state index contributed by atoms with van der Waals surface area (Å²) in [5, 5.41) is 0. The van der Waals surface area contributed by atoms with Crippen LogP contribution in [0.5, 0.6) is 0 Å². The topological polar surface area (TPSA) is 29.5 Å². The molecule has 118 valence electrons. The van der Waals surface area contributed by atoms with E-state index < -0.39 is 8.07 Å². The molecule has 0 spiro atoms. The number of nitrogens with zero attached hydrogens (tertiary/aromatic N) is 1. The summed E-state index contributed by atoms with van der Waals surface area (Å²) in [6.07, 6.45) is -0.212. The van der Waals surface area contributed by atoms with Crippen molar-refractivity contribution >= 4 is 14.2 Å². The van der Waals surface area contributed by atoms with Crippen molar-refractivity contribution in [2.45, 2.75) is 65.1 Å². The van der Waals surface area contributed by atoms with E-state index >= 15 is 0 Å². The standard InChI is InChI=1S/C17H29NO2Si/c1-13(2)18(14(3)4)17(19)20-16(21(5,6)7)15-11-9-8-10-12-15/h8-14,16H,1-7H3/t16-/m1/s1. The van der Waals surface area contributed by atoms with Crippen LogP contribution in [0.4, 0.5) is 4.79 Å². The fourth-order valence-corrected chi connectivity index (χ4v) is 4.20. The first kappa shape index (κ1) is 17.8. The van der Waals surface area contributed by atoms with Gasteiger partial charge in [0.1, 0.15) is 5.73 Å². The predicted molar refractivity (Wildman–Crippen MR) is 91.1 cm³/mol. The summed E-state index contributed by atoms with van der Waals surface area (Å²) in [5.74, 6) is 0. The Kier molecular flexibility index (Phi) is 6.02. The predicted octanol–water partition coefficient (Wildman–Crippen LogP) is 4.86. The third-order valence-electron chi connectivity index (χ3n) is 3.43. The molecule has 0 aliphatic rings. The minimum atomic E-state index is -1.68. The molecule has 1 amide bonds. The number of carbonyl (C=O) groups is 1. The SMILES string of the molecule is CC(C)N(C(=O)O[C@@H](c1ccccc1)[Si](C)(C)C)C(C)C. The molecule has 0 fully saturated rings. The van der Waals surface area contributed by atoms with Crippen molar-refractivity contribution in [3.63, 3.8) is 0 Å². The Hall–Kier alpha value is -1.29. The molecular weight excluding hydrogens is 278 g/mol. The van der Waals surface area contributed by atoms with Gasteiger partial charge in [-0.1, -0.05) is 50.0 Å². The Bertz CT molecular complexity index is 444. The Labute approximate surface area is 130 Å². The zero-order chi connectivity index (χ0) is 16.2. The van der Waals surface area contributed by atoms with Gasteiger partial charge >= 0.3 is 6.09 Å². The van der Waals surface area contributed by atoms with Crippen LogP contribution in [0.15, 0.2) is 30.3 Å². The molecule has 0 radical (unpaired) electrons. The van der Waals surface area contributed by atoms with Crippen molar-refractivity contribution < 1.29 is 9.53 Å². The molecule has 1 aromatic carbocycles. The first-order valence-corrected chi connectivity index (χ1v) is 11.3. The van der Waals surface area contributed by atoms with Crippen LogP contribution in [-0.2, 0) is 4.74 Å². The minimum absolute atomic E-state index is 0.119. The molecule has 0 aliphatic carbocycles. The normalized spacial score (nSPS) is 13.4. The summed E-state index contributed by atoms with van der Waals surface area (Å²) in [6.45, 7) is 14.8. The number of amides is 1. The average molecular weight is 308 g/mol. The van der Waals surface area contributed by atoms with Gasteiger partial charge in [-0.2, -0.15) is 0 Å². The number of carbonyl (C=O) groups excluding carboxylic acids is 1. The molecule has 1 aromatic rings. The Morgan fingerprint density at radius 2 is 1.48 bits per heavy atom. The summed E-state index contributed by atoms with van der Waals surface area (Å²) in [5.41, 5.74) is 0.976. The molecule has 1 rings (SSSR count). The fourth-order valence-electron chi connectivity index (χ4n) is 2.55. The molecule has 3 nitrogen and oxygen atoms in total. The number of benzene rings is 1. The van der Waals surface area contributed by atoms with E-state index in [0.717, 1.165) is 5.56 Å². The van der Waals surface area contributed by atoms with E-state index in [9.17, 15) is 4.79 Å². The van der Waals surface area contributed by atoms with E-state index in [1.807, 2.05) is 58.0 Å². The maximum absolute atomic E-state index is 12.6. The summed E-state index contributed by atoms with van der Waals surface area (Å²) >= 11 is 0. The van der Waals surface area contributed by atoms with Gasteiger partial charge in [0.25, 0.3) is 0 Å². The second kappa shape index (κ2) is 7.12. The number of hydrogen-bond acceptors (Lipinski definition) is 2. The van der Waals surface area contributed by atoms with Crippen LogP contribution in [0.3, 0.4) is 0 Å². The first-order chi connectivity index (χ1) is 9.64. The number of rotatable bonds is 5. The van der Waals surface area contributed by atoms with Crippen LogP contribution >= 0.6 is 0 Å². The van der Waals surface area contributed by atoms with Crippen LogP contribution in [0.25, 0.3) is 0 Å². The van der Waals surface area contributed by atoms with Crippen molar-refractivity contribution in [1.29, 1.82) is 0 Å². The lowest BCUT2D eigenvalue weighted by Crippen LogP contribution is -2.45. The Morgan fingerprint density at radius 3 is 1.86 bits per heavy atom. The zero-order valence-corrected chi connectivity index (χ0v) is 15.4. The van der Waals surface area contributed by atoms with Gasteiger partial charge < -0.3 is 9.64 Å². The van der Waals surface area contributed by atoms with E-state index in [2.05, 4.69) is 19.6 Å². The van der Waals surface area contributed by atoms with Crippen molar-refractivity contribution in [3.8, 4) is 0 Å². The van der Waals surface area contributed by atoms with E-state index in [1.54, 1.807) is 4.90 Å². The molecular formula is C17H29NO2Si. The highest BCUT2D eigenvalue weighted by molar-refractivity contribution is 6.77. The first-order valence-electron chi connectivity index (χ1n) is 7.68. The molecule has 0 N–H and O–H groups in total. The van der Waals surface area contributed by atoms with Gasteiger partial charge in [-0.25, -0.2) is 4.79 Å². The van der Waals surface area contributed by atoms with Crippen molar-refractivity contribution in [2.75, 3.05) is 0 Å². The van der Waals surface area contributed by atoms with Crippen LogP contribution in [-0.4, -0.2) is 31.2 Å². The van der Waals surface area contributed by atoms with Crippen LogP contribution in [0, 0.1) is 0 Å². The van der Waals surface area contributed by atoms with Gasteiger partial charge in [0.2, 0.25) is 0 Å². The van der Waals surface area contributed by atoms with Crippen LogP contribution < -0.4 is 0 Å². The lowest BCUT2D eigenvalue weighted by molar-refractivity contribution is 0.0659. The highest BCUT2D eigenvalue weighted by Gasteiger charge is 2.34. The quantitative estimate of drug-likeness (QED) is 0.727. The van der Waals surface area contributed by atoms with Gasteiger partial charge in [-0.05, 0) is 33.3 Å². The highest BCUT2D eigenvalue weighted by atomic mass is 28.3. The molecule has 0 heterocycles. The maximum Gasteiger partial charge on any atom is 0.410 e. The number of hydrogen-bond donors (Lipinski definition) is 0. The second-order valence-corrected chi connectivity index (χ2v) is 12.4. The average Bonchev–Trinajstić information content (AvgIpc) is 2.34. The molecule has 4 heteroatoms. The fraction of sp³-hybridized carbons (Fsp3) is 0.588. The minimum Gasteiger partial charge on any atom is -0.445 e. The molecule has 21 heavy (non-hydrogen) atoms. The molecule has 0 aromatic heterocycles. The van der Waals surface area contributed by atoms with Gasteiger partial charge in [-0.3, -0.25) is 0 Å². The lowest BCUT2D eigenvalue weighted by atomic mass is 10.2. The van der Waals surface area contributed by atoms with Crippen LogP contribution in [0.2, 0.25) is 19.6 Å². The zero-order valence-electron chi connectivity index (χ0n) is 14.4. The van der Waals surface area contributed by atoms with E-state index in [-0.39, 0.29) is 23.9 Å². The largest absolute Gasteiger partial charge is 0.445 e. The smallest absolute Gasteiger partial charge is 0.410 e. The Balaban J connectivity index is 3.00. The summed E-state index contributed by atoms with van der Waals surface area (Å²) in [7, 11) is -1.68. The van der Waals surface area contributed by atoms with Crippen molar-refractivity contribution in [2.24, 2.45) is 0 Å². The van der Waals surface area contributed by atoms with E-state index in [4.69, 9.17) is 4.74 Å². The summed E-state index contributed by atoms with van der Waals surface area (Å²) in [4.78, 5) is 14.4. The van der Waals surface area contributed by atoms with Gasteiger partial charge in [0, 0.05) is 12.1 Å². The van der Waals surface area contributed by atoms with Gasteiger partial charge in [-0.15, -0.1) is 0 Å². The van der Waals surface area contributed by atoms with E-state index in [0.29, 0.717) is 0 Å². The van der Waals surface area contributed by atoms with Gasteiger partial charge in [0.05, 0.1) is 8.07 Å². The molecule has 0 bridgehead atoms.